The second-order valence-electron chi connectivity index (χ2n) is 3.48. The molecule has 0 aromatic heterocycles. The fourth-order valence-corrected chi connectivity index (χ4v) is 1.87. The van der Waals surface area contributed by atoms with Crippen LogP contribution in [0.1, 0.15) is 10.4 Å². The first-order chi connectivity index (χ1) is 8.11. The van der Waals surface area contributed by atoms with Gasteiger partial charge in [0, 0.05) is 10.0 Å². The molecule has 17 heavy (non-hydrogen) atoms. The predicted molar refractivity (Wildman–Crippen MR) is 64.9 cm³/mol. The van der Waals surface area contributed by atoms with Crippen molar-refractivity contribution in [1.29, 1.82) is 0 Å². The zero-order valence-corrected chi connectivity index (χ0v) is 10.2. The minimum Gasteiger partial charge on any atom is -0.298 e. The van der Waals surface area contributed by atoms with Crippen molar-refractivity contribution in [2.75, 3.05) is 0 Å². The molecule has 0 unspecified atom stereocenters. The normalized spacial score (nSPS) is 10.3. The molecule has 0 saturated heterocycles. The number of hydrogen-bond donors (Lipinski definition) is 0. The molecule has 1 nitrogen and oxygen atoms in total. The number of aldehydes is 1. The summed E-state index contributed by atoms with van der Waals surface area (Å²) in [6.45, 7) is 0. The van der Waals surface area contributed by atoms with Crippen molar-refractivity contribution in [1.82, 2.24) is 0 Å². The Morgan fingerprint density at radius 1 is 1.00 bits per heavy atom. The summed E-state index contributed by atoms with van der Waals surface area (Å²) in [7, 11) is 0. The van der Waals surface area contributed by atoms with E-state index >= 15 is 0 Å². The first-order valence-electron chi connectivity index (χ1n) is 4.82. The van der Waals surface area contributed by atoms with Crippen molar-refractivity contribution < 1.29 is 13.6 Å². The molecule has 0 amide bonds. The fourth-order valence-electron chi connectivity index (χ4n) is 1.51. The third-order valence-corrected chi connectivity index (χ3v) is 2.86. The molecule has 0 aliphatic rings. The number of carbonyl (C=O) groups is 1. The van der Waals surface area contributed by atoms with Gasteiger partial charge < -0.3 is 0 Å². The van der Waals surface area contributed by atoms with Gasteiger partial charge in [0.2, 0.25) is 0 Å². The van der Waals surface area contributed by atoms with E-state index in [9.17, 15) is 13.6 Å². The molecule has 2 aromatic rings. The van der Waals surface area contributed by atoms with Gasteiger partial charge in [-0.3, -0.25) is 4.79 Å². The molecule has 0 radical (unpaired) electrons. The summed E-state index contributed by atoms with van der Waals surface area (Å²) in [5, 5.41) is 0. The van der Waals surface area contributed by atoms with Crippen LogP contribution in [0.25, 0.3) is 11.1 Å². The van der Waals surface area contributed by atoms with E-state index in [0.29, 0.717) is 16.3 Å². The second kappa shape index (κ2) is 4.75. The zero-order valence-electron chi connectivity index (χ0n) is 8.58. The van der Waals surface area contributed by atoms with Gasteiger partial charge in [-0.15, -0.1) is 0 Å². The molecule has 86 valence electrons. The van der Waals surface area contributed by atoms with E-state index in [1.54, 1.807) is 12.1 Å². The van der Waals surface area contributed by atoms with Crippen molar-refractivity contribution in [2.24, 2.45) is 0 Å². The molecular weight excluding hydrogens is 290 g/mol. The van der Waals surface area contributed by atoms with E-state index in [0.717, 1.165) is 6.07 Å². The standard InChI is InChI=1S/C13H7BrF2O/c14-10-3-4-12(15)11(6-10)8-1-2-9(7-17)13(16)5-8/h1-7H. The van der Waals surface area contributed by atoms with Gasteiger partial charge in [-0.1, -0.05) is 22.0 Å². The maximum atomic E-state index is 13.6. The SMILES string of the molecule is O=Cc1ccc(-c2cc(Br)ccc2F)cc1F. The third kappa shape index (κ3) is 2.42. The van der Waals surface area contributed by atoms with E-state index < -0.39 is 11.6 Å². The molecule has 0 N–H and O–H groups in total. The summed E-state index contributed by atoms with van der Waals surface area (Å²) in [5.41, 5.74) is 0.645. The van der Waals surface area contributed by atoms with Gasteiger partial charge in [-0.05, 0) is 35.9 Å². The summed E-state index contributed by atoms with van der Waals surface area (Å²) in [6.07, 6.45) is 0.427. The first-order valence-corrected chi connectivity index (χ1v) is 5.61. The Labute approximate surface area is 105 Å². The van der Waals surface area contributed by atoms with E-state index in [2.05, 4.69) is 15.9 Å². The van der Waals surface area contributed by atoms with Crippen LogP contribution in [0.4, 0.5) is 8.78 Å². The van der Waals surface area contributed by atoms with Crippen LogP contribution in [0.3, 0.4) is 0 Å². The lowest BCUT2D eigenvalue weighted by molar-refractivity contribution is 0.112. The molecule has 0 aliphatic carbocycles. The summed E-state index contributed by atoms with van der Waals surface area (Å²) >= 11 is 3.22. The highest BCUT2D eigenvalue weighted by Crippen LogP contribution is 2.27. The summed E-state index contributed by atoms with van der Waals surface area (Å²) < 4.78 is 27.7. The van der Waals surface area contributed by atoms with Crippen LogP contribution in [0.2, 0.25) is 0 Å². The number of halogens is 3. The third-order valence-electron chi connectivity index (χ3n) is 2.37. The van der Waals surface area contributed by atoms with Crippen LogP contribution >= 0.6 is 15.9 Å². The molecular formula is C13H7BrF2O. The first kappa shape index (κ1) is 11.9. The Kier molecular flexibility index (Phi) is 3.33. The van der Waals surface area contributed by atoms with Crippen LogP contribution in [0, 0.1) is 11.6 Å². The average molecular weight is 297 g/mol. The number of carbonyl (C=O) groups excluding carboxylic acids is 1. The minimum absolute atomic E-state index is 0.0378. The van der Waals surface area contributed by atoms with Crippen LogP contribution < -0.4 is 0 Å². The van der Waals surface area contributed by atoms with Gasteiger partial charge in [0.05, 0.1) is 5.56 Å². The van der Waals surface area contributed by atoms with Gasteiger partial charge in [0.1, 0.15) is 11.6 Å². The molecule has 0 atom stereocenters. The monoisotopic (exact) mass is 296 g/mol. The lowest BCUT2D eigenvalue weighted by Crippen LogP contribution is -1.90. The van der Waals surface area contributed by atoms with Gasteiger partial charge in [-0.25, -0.2) is 8.78 Å². The molecule has 0 aliphatic heterocycles. The summed E-state index contributed by atoms with van der Waals surface area (Å²) in [6, 6.07) is 8.41. The van der Waals surface area contributed by atoms with E-state index in [4.69, 9.17) is 0 Å². The molecule has 4 heteroatoms. The Morgan fingerprint density at radius 2 is 1.76 bits per heavy atom. The molecule has 0 heterocycles. The van der Waals surface area contributed by atoms with Gasteiger partial charge >= 0.3 is 0 Å². The molecule has 0 fully saturated rings. The van der Waals surface area contributed by atoms with Crippen LogP contribution in [-0.2, 0) is 0 Å². The number of hydrogen-bond acceptors (Lipinski definition) is 1. The highest BCUT2D eigenvalue weighted by atomic mass is 79.9. The predicted octanol–water partition coefficient (Wildman–Crippen LogP) is 4.21. The van der Waals surface area contributed by atoms with Crippen molar-refractivity contribution in [2.45, 2.75) is 0 Å². The van der Waals surface area contributed by atoms with E-state index in [1.165, 1.54) is 18.2 Å². The lowest BCUT2D eigenvalue weighted by Gasteiger charge is -2.05. The largest absolute Gasteiger partial charge is 0.298 e. The van der Waals surface area contributed by atoms with Crippen molar-refractivity contribution in [3.8, 4) is 11.1 Å². The quantitative estimate of drug-likeness (QED) is 0.759. The maximum absolute atomic E-state index is 13.6. The van der Waals surface area contributed by atoms with Gasteiger partial charge in [0.25, 0.3) is 0 Å². The zero-order chi connectivity index (χ0) is 12.4. The Morgan fingerprint density at radius 3 is 2.41 bits per heavy atom. The molecule has 0 spiro atoms. The van der Waals surface area contributed by atoms with Crippen molar-refractivity contribution >= 4 is 22.2 Å². The Bertz CT molecular complexity index is 582. The Balaban J connectivity index is 2.57. The van der Waals surface area contributed by atoms with Crippen molar-refractivity contribution in [3.63, 3.8) is 0 Å². The summed E-state index contributed by atoms with van der Waals surface area (Å²) in [5.74, 6) is -1.09. The minimum atomic E-state index is -0.656. The number of rotatable bonds is 2. The fraction of sp³-hybridized carbons (Fsp3) is 0. The lowest BCUT2D eigenvalue weighted by atomic mass is 10.0. The van der Waals surface area contributed by atoms with Crippen molar-refractivity contribution in [3.05, 3.63) is 58.1 Å². The molecule has 2 aromatic carbocycles. The van der Waals surface area contributed by atoms with Gasteiger partial charge in [0.15, 0.2) is 6.29 Å². The van der Waals surface area contributed by atoms with Crippen LogP contribution in [0.5, 0.6) is 0 Å². The highest BCUT2D eigenvalue weighted by molar-refractivity contribution is 9.10. The topological polar surface area (TPSA) is 17.1 Å². The number of benzene rings is 2. The maximum Gasteiger partial charge on any atom is 0.152 e. The van der Waals surface area contributed by atoms with E-state index in [1.807, 2.05) is 0 Å². The van der Waals surface area contributed by atoms with Gasteiger partial charge in [-0.2, -0.15) is 0 Å². The second-order valence-corrected chi connectivity index (χ2v) is 4.39. The van der Waals surface area contributed by atoms with Crippen LogP contribution in [-0.4, -0.2) is 6.29 Å². The average Bonchev–Trinajstić information content (AvgIpc) is 2.32. The molecule has 0 saturated carbocycles. The van der Waals surface area contributed by atoms with E-state index in [-0.39, 0.29) is 11.1 Å². The molecule has 2 rings (SSSR count). The smallest absolute Gasteiger partial charge is 0.152 e. The molecule has 0 bridgehead atoms. The Hall–Kier alpha value is -1.55. The highest BCUT2D eigenvalue weighted by Gasteiger charge is 2.08. The summed E-state index contributed by atoms with van der Waals surface area (Å²) in [4.78, 5) is 10.5. The van der Waals surface area contributed by atoms with Crippen LogP contribution in [0.15, 0.2) is 40.9 Å².